The number of esters is 1. The van der Waals surface area contributed by atoms with Gasteiger partial charge in [0.05, 0.1) is 5.92 Å². The number of rotatable bonds is 4. The van der Waals surface area contributed by atoms with Gasteiger partial charge in [-0.15, -0.1) is 0 Å². The normalized spacial score (nSPS) is 28.3. The highest BCUT2D eigenvalue weighted by Gasteiger charge is 2.26. The van der Waals surface area contributed by atoms with Crippen molar-refractivity contribution in [3.05, 3.63) is 0 Å². The minimum Gasteiger partial charge on any atom is -0.462 e. The Morgan fingerprint density at radius 1 is 1.21 bits per heavy atom. The first-order valence-corrected chi connectivity index (χ1v) is 5.98. The summed E-state index contributed by atoms with van der Waals surface area (Å²) in [5, 5.41) is 0. The van der Waals surface area contributed by atoms with Crippen LogP contribution < -0.4 is 0 Å². The number of hydrogen-bond acceptors (Lipinski definition) is 2. The van der Waals surface area contributed by atoms with E-state index >= 15 is 0 Å². The lowest BCUT2D eigenvalue weighted by atomic mass is 9.97. The Labute approximate surface area is 87.0 Å². The van der Waals surface area contributed by atoms with Gasteiger partial charge in [0.1, 0.15) is 6.10 Å². The Balaban J connectivity index is 2.43. The minimum absolute atomic E-state index is 0.0581. The summed E-state index contributed by atoms with van der Waals surface area (Å²) < 4.78 is 5.48. The number of cyclic esters (lactones) is 1. The second kappa shape index (κ2) is 6.05. The summed E-state index contributed by atoms with van der Waals surface area (Å²) in [6.45, 7) is 4.27. The molecule has 1 saturated heterocycles. The Morgan fingerprint density at radius 3 is 2.57 bits per heavy atom. The van der Waals surface area contributed by atoms with Crippen molar-refractivity contribution in [2.75, 3.05) is 0 Å². The molecular formula is C12H22O2. The molecule has 1 fully saturated rings. The minimum atomic E-state index is 0.0581. The van der Waals surface area contributed by atoms with Crippen molar-refractivity contribution < 1.29 is 9.53 Å². The van der Waals surface area contributed by atoms with Crippen LogP contribution in [0.15, 0.2) is 0 Å². The van der Waals surface area contributed by atoms with Crippen LogP contribution in [-0.4, -0.2) is 12.1 Å². The van der Waals surface area contributed by atoms with Gasteiger partial charge in [0.2, 0.25) is 0 Å². The van der Waals surface area contributed by atoms with Crippen molar-refractivity contribution in [2.45, 2.75) is 64.9 Å². The fourth-order valence-electron chi connectivity index (χ4n) is 2.17. The van der Waals surface area contributed by atoms with Crippen LogP contribution in [0.25, 0.3) is 0 Å². The molecule has 0 aromatic carbocycles. The molecule has 1 rings (SSSR count). The SMILES string of the molecule is CCCC1CCCC(CCC)C(=O)O1. The zero-order valence-corrected chi connectivity index (χ0v) is 9.42. The van der Waals surface area contributed by atoms with Crippen molar-refractivity contribution >= 4 is 5.97 Å². The second-order valence-electron chi connectivity index (χ2n) is 4.26. The van der Waals surface area contributed by atoms with Crippen molar-refractivity contribution in [3.63, 3.8) is 0 Å². The molecule has 2 nitrogen and oxygen atoms in total. The fourth-order valence-corrected chi connectivity index (χ4v) is 2.17. The average molecular weight is 198 g/mol. The molecule has 2 atom stereocenters. The first-order chi connectivity index (χ1) is 6.77. The van der Waals surface area contributed by atoms with Gasteiger partial charge in [-0.05, 0) is 32.1 Å². The average Bonchev–Trinajstić information content (AvgIpc) is 2.31. The van der Waals surface area contributed by atoms with Gasteiger partial charge in [-0.3, -0.25) is 4.79 Å². The number of ether oxygens (including phenoxy) is 1. The Hall–Kier alpha value is -0.530. The highest BCUT2D eigenvalue weighted by molar-refractivity contribution is 5.72. The zero-order valence-electron chi connectivity index (χ0n) is 9.42. The summed E-state index contributed by atoms with van der Waals surface area (Å²) >= 11 is 0. The third-order valence-electron chi connectivity index (χ3n) is 2.94. The summed E-state index contributed by atoms with van der Waals surface area (Å²) in [4.78, 5) is 11.7. The lowest BCUT2D eigenvalue weighted by molar-refractivity contribution is -0.153. The largest absolute Gasteiger partial charge is 0.462 e. The van der Waals surface area contributed by atoms with Gasteiger partial charge in [-0.25, -0.2) is 0 Å². The third kappa shape index (κ3) is 3.32. The standard InChI is InChI=1S/C12H22O2/c1-3-6-10-8-5-9-11(7-4-2)14-12(10)13/h10-11H,3-9H2,1-2H3. The smallest absolute Gasteiger partial charge is 0.309 e. The van der Waals surface area contributed by atoms with E-state index in [1.54, 1.807) is 0 Å². The molecule has 2 unspecified atom stereocenters. The van der Waals surface area contributed by atoms with E-state index in [9.17, 15) is 4.79 Å². The van der Waals surface area contributed by atoms with Crippen molar-refractivity contribution in [3.8, 4) is 0 Å². The quantitative estimate of drug-likeness (QED) is 0.648. The van der Waals surface area contributed by atoms with Crippen molar-refractivity contribution in [1.82, 2.24) is 0 Å². The van der Waals surface area contributed by atoms with Gasteiger partial charge >= 0.3 is 5.97 Å². The van der Waals surface area contributed by atoms with Crippen LogP contribution >= 0.6 is 0 Å². The molecular weight excluding hydrogens is 176 g/mol. The second-order valence-corrected chi connectivity index (χ2v) is 4.26. The molecule has 0 saturated carbocycles. The van der Waals surface area contributed by atoms with Gasteiger partial charge < -0.3 is 4.74 Å². The van der Waals surface area contributed by atoms with E-state index in [0.717, 1.165) is 44.9 Å². The van der Waals surface area contributed by atoms with Gasteiger partial charge in [0.25, 0.3) is 0 Å². The van der Waals surface area contributed by atoms with Crippen LogP contribution in [0.5, 0.6) is 0 Å². The van der Waals surface area contributed by atoms with E-state index in [1.807, 2.05) is 0 Å². The van der Waals surface area contributed by atoms with E-state index in [2.05, 4.69) is 13.8 Å². The van der Waals surface area contributed by atoms with Crippen LogP contribution in [0, 0.1) is 5.92 Å². The number of carbonyl (C=O) groups is 1. The maximum absolute atomic E-state index is 11.7. The Bertz CT molecular complexity index is 177. The molecule has 0 aliphatic carbocycles. The van der Waals surface area contributed by atoms with E-state index in [1.165, 1.54) is 0 Å². The molecule has 0 bridgehead atoms. The maximum Gasteiger partial charge on any atom is 0.309 e. The van der Waals surface area contributed by atoms with Crippen LogP contribution in [0.4, 0.5) is 0 Å². The first kappa shape index (κ1) is 11.5. The third-order valence-corrected chi connectivity index (χ3v) is 2.94. The lowest BCUT2D eigenvalue weighted by Gasteiger charge is -2.15. The van der Waals surface area contributed by atoms with Gasteiger partial charge in [-0.2, -0.15) is 0 Å². The molecule has 0 N–H and O–H groups in total. The zero-order chi connectivity index (χ0) is 10.4. The van der Waals surface area contributed by atoms with E-state index < -0.39 is 0 Å². The summed E-state index contributed by atoms with van der Waals surface area (Å²) in [6, 6.07) is 0. The highest BCUT2D eigenvalue weighted by atomic mass is 16.5. The highest BCUT2D eigenvalue weighted by Crippen LogP contribution is 2.24. The van der Waals surface area contributed by atoms with Crippen LogP contribution in [0.2, 0.25) is 0 Å². The molecule has 0 aromatic heterocycles. The maximum atomic E-state index is 11.7. The molecule has 14 heavy (non-hydrogen) atoms. The molecule has 0 amide bonds. The van der Waals surface area contributed by atoms with Crippen LogP contribution in [-0.2, 0) is 9.53 Å². The monoisotopic (exact) mass is 198 g/mol. The molecule has 0 spiro atoms. The summed E-state index contributed by atoms with van der Waals surface area (Å²) in [5.74, 6) is 0.240. The van der Waals surface area contributed by atoms with Gasteiger partial charge in [0, 0.05) is 0 Å². The Morgan fingerprint density at radius 2 is 1.93 bits per heavy atom. The summed E-state index contributed by atoms with van der Waals surface area (Å²) in [6.07, 6.45) is 7.68. The molecule has 82 valence electrons. The van der Waals surface area contributed by atoms with Crippen molar-refractivity contribution in [1.29, 1.82) is 0 Å². The van der Waals surface area contributed by atoms with Crippen molar-refractivity contribution in [2.24, 2.45) is 5.92 Å². The number of hydrogen-bond donors (Lipinski definition) is 0. The molecule has 2 heteroatoms. The molecule has 0 aromatic rings. The fraction of sp³-hybridized carbons (Fsp3) is 0.917. The molecule has 1 heterocycles. The molecule has 1 aliphatic heterocycles. The first-order valence-electron chi connectivity index (χ1n) is 5.98. The summed E-state index contributed by atoms with van der Waals surface area (Å²) in [5.41, 5.74) is 0. The lowest BCUT2D eigenvalue weighted by Crippen LogP contribution is -2.20. The predicted octanol–water partition coefficient (Wildman–Crippen LogP) is 3.30. The van der Waals surface area contributed by atoms with E-state index in [0.29, 0.717) is 0 Å². The van der Waals surface area contributed by atoms with E-state index in [4.69, 9.17) is 4.74 Å². The van der Waals surface area contributed by atoms with Gasteiger partial charge in [0.15, 0.2) is 0 Å². The number of carbonyl (C=O) groups excluding carboxylic acids is 1. The molecule has 0 radical (unpaired) electrons. The predicted molar refractivity (Wildman–Crippen MR) is 57.0 cm³/mol. The Kier molecular flexibility index (Phi) is 4.99. The molecule has 1 aliphatic rings. The summed E-state index contributed by atoms with van der Waals surface area (Å²) in [7, 11) is 0. The van der Waals surface area contributed by atoms with Gasteiger partial charge in [-0.1, -0.05) is 26.7 Å². The van der Waals surface area contributed by atoms with Crippen LogP contribution in [0.3, 0.4) is 0 Å². The van der Waals surface area contributed by atoms with E-state index in [-0.39, 0.29) is 18.0 Å². The van der Waals surface area contributed by atoms with Crippen LogP contribution in [0.1, 0.15) is 58.8 Å². The topological polar surface area (TPSA) is 26.3 Å².